The molecule has 0 amide bonds. The van der Waals surface area contributed by atoms with Gasteiger partial charge in [0.25, 0.3) is 5.69 Å². The number of nitriles is 1. The zero-order valence-corrected chi connectivity index (χ0v) is 17.0. The first-order valence-electron chi connectivity index (χ1n) is 9.04. The summed E-state index contributed by atoms with van der Waals surface area (Å²) in [7, 11) is 0. The van der Waals surface area contributed by atoms with Crippen LogP contribution in [0.25, 0.3) is 21.8 Å². The lowest BCUT2D eigenvalue weighted by atomic mass is 10.1. The maximum Gasteiger partial charge on any atom is 0.348 e. The molecular weight excluding hydrogens is 406 g/mol. The van der Waals surface area contributed by atoms with Crippen LogP contribution in [0.2, 0.25) is 0 Å². The normalized spacial score (nSPS) is 11.5. The fourth-order valence-corrected chi connectivity index (χ4v) is 3.60. The molecule has 2 aromatic carbocycles. The number of carboxylic acids is 1. The number of nitro benzene ring substituents is 1. The van der Waals surface area contributed by atoms with Crippen molar-refractivity contribution in [3.8, 4) is 33.6 Å². The molecule has 1 N–H and O–H groups in total. The monoisotopic (exact) mass is 423 g/mol. The molecule has 0 bridgehead atoms. The van der Waals surface area contributed by atoms with Crippen LogP contribution in [0.4, 0.5) is 5.69 Å². The van der Waals surface area contributed by atoms with Gasteiger partial charge in [-0.25, -0.2) is 9.78 Å². The van der Waals surface area contributed by atoms with Crippen molar-refractivity contribution in [2.45, 2.75) is 26.4 Å². The van der Waals surface area contributed by atoms with Crippen LogP contribution >= 0.6 is 11.3 Å². The average Bonchev–Trinajstić information content (AvgIpc) is 3.19. The summed E-state index contributed by atoms with van der Waals surface area (Å²) in [5.74, 6) is -0.689. The first-order chi connectivity index (χ1) is 14.3. The van der Waals surface area contributed by atoms with E-state index in [2.05, 4.69) is 11.1 Å². The molecule has 3 rings (SSSR count). The number of carbonyl (C=O) groups is 1. The van der Waals surface area contributed by atoms with Crippen LogP contribution in [0.15, 0.2) is 42.5 Å². The minimum Gasteiger partial charge on any atom is -0.489 e. The summed E-state index contributed by atoms with van der Waals surface area (Å²) >= 11 is 0.975. The number of nitrogens with zero attached hydrogens (tertiary/aromatic N) is 3. The predicted octanol–water partition coefficient (Wildman–Crippen LogP) is 5.13. The van der Waals surface area contributed by atoms with Gasteiger partial charge in [0, 0.05) is 23.3 Å². The van der Waals surface area contributed by atoms with E-state index in [-0.39, 0.29) is 22.4 Å². The third kappa shape index (κ3) is 4.29. The minimum atomic E-state index is -1.15. The van der Waals surface area contributed by atoms with E-state index in [0.29, 0.717) is 27.4 Å². The Balaban J connectivity index is 2.03. The molecule has 0 aliphatic rings. The molecule has 8 nitrogen and oxygen atoms in total. The van der Waals surface area contributed by atoms with E-state index in [0.717, 1.165) is 17.8 Å². The molecule has 0 aliphatic heterocycles. The van der Waals surface area contributed by atoms with Crippen LogP contribution in [0.5, 0.6) is 5.75 Å². The van der Waals surface area contributed by atoms with Gasteiger partial charge >= 0.3 is 5.97 Å². The molecule has 0 fully saturated rings. The number of nitro groups is 1. The standard InChI is InChI=1S/C21H17N3O5S/c1-3-12(2)29-17-9-6-14(10-15(17)11-22)20-23-18(19(30-20)21(25)26)13-4-7-16(8-5-13)24(27)28/h4-10,12H,3H2,1-2H3,(H,25,26). The van der Waals surface area contributed by atoms with Crippen molar-refractivity contribution in [1.29, 1.82) is 5.26 Å². The summed E-state index contributed by atoms with van der Waals surface area (Å²) in [6.07, 6.45) is 0.745. The lowest BCUT2D eigenvalue weighted by Crippen LogP contribution is -2.10. The molecular formula is C21H17N3O5S. The van der Waals surface area contributed by atoms with Crippen LogP contribution in [-0.2, 0) is 0 Å². The van der Waals surface area contributed by atoms with E-state index in [1.165, 1.54) is 24.3 Å². The Morgan fingerprint density at radius 3 is 2.53 bits per heavy atom. The average molecular weight is 423 g/mol. The zero-order valence-electron chi connectivity index (χ0n) is 16.2. The minimum absolute atomic E-state index is 0.0114. The molecule has 152 valence electrons. The van der Waals surface area contributed by atoms with E-state index < -0.39 is 10.9 Å². The predicted molar refractivity (Wildman–Crippen MR) is 112 cm³/mol. The van der Waals surface area contributed by atoms with Crippen LogP contribution in [0, 0.1) is 21.4 Å². The summed E-state index contributed by atoms with van der Waals surface area (Å²) in [6.45, 7) is 3.89. The highest BCUT2D eigenvalue weighted by molar-refractivity contribution is 7.17. The van der Waals surface area contributed by atoms with Gasteiger partial charge in [-0.2, -0.15) is 5.26 Å². The van der Waals surface area contributed by atoms with E-state index in [1.807, 2.05) is 13.8 Å². The largest absolute Gasteiger partial charge is 0.489 e. The van der Waals surface area contributed by atoms with Gasteiger partial charge in [-0.15, -0.1) is 11.3 Å². The van der Waals surface area contributed by atoms with Gasteiger partial charge in [-0.1, -0.05) is 6.92 Å². The maximum atomic E-state index is 11.7. The third-order valence-electron chi connectivity index (χ3n) is 4.42. The van der Waals surface area contributed by atoms with Crippen molar-refractivity contribution in [3.05, 3.63) is 63.0 Å². The van der Waals surface area contributed by atoms with Gasteiger partial charge in [0.1, 0.15) is 21.7 Å². The van der Waals surface area contributed by atoms with E-state index in [4.69, 9.17) is 4.74 Å². The molecule has 1 aromatic heterocycles. The summed E-state index contributed by atoms with van der Waals surface area (Å²) < 4.78 is 5.75. The molecule has 0 aliphatic carbocycles. The highest BCUT2D eigenvalue weighted by Crippen LogP contribution is 2.36. The lowest BCUT2D eigenvalue weighted by molar-refractivity contribution is -0.384. The Kier molecular flexibility index (Phi) is 6.09. The molecule has 0 spiro atoms. The molecule has 0 saturated carbocycles. The van der Waals surface area contributed by atoms with Crippen LogP contribution in [0.3, 0.4) is 0 Å². The first kappa shape index (κ1) is 21.0. The third-order valence-corrected chi connectivity index (χ3v) is 5.52. The molecule has 0 radical (unpaired) electrons. The highest BCUT2D eigenvalue weighted by Gasteiger charge is 2.21. The van der Waals surface area contributed by atoms with Gasteiger partial charge in [0.05, 0.1) is 22.3 Å². The quantitative estimate of drug-likeness (QED) is 0.412. The fraction of sp³-hybridized carbons (Fsp3) is 0.190. The van der Waals surface area contributed by atoms with Crippen molar-refractivity contribution >= 4 is 23.0 Å². The van der Waals surface area contributed by atoms with Crippen molar-refractivity contribution in [1.82, 2.24) is 4.98 Å². The fourth-order valence-electron chi connectivity index (χ4n) is 2.68. The summed E-state index contributed by atoms with van der Waals surface area (Å²) in [6, 6.07) is 12.6. The second-order valence-corrected chi connectivity index (χ2v) is 7.46. The number of hydrogen-bond acceptors (Lipinski definition) is 7. The van der Waals surface area contributed by atoms with Crippen molar-refractivity contribution in [2.24, 2.45) is 0 Å². The lowest BCUT2D eigenvalue weighted by Gasteiger charge is -2.14. The van der Waals surface area contributed by atoms with Gasteiger partial charge < -0.3 is 9.84 Å². The van der Waals surface area contributed by atoms with Crippen LogP contribution in [0.1, 0.15) is 35.5 Å². The summed E-state index contributed by atoms with van der Waals surface area (Å²) in [4.78, 5) is 26.5. The first-order valence-corrected chi connectivity index (χ1v) is 9.85. The van der Waals surface area contributed by atoms with Gasteiger partial charge in [-0.3, -0.25) is 10.1 Å². The smallest absolute Gasteiger partial charge is 0.348 e. The Hall–Kier alpha value is -3.77. The van der Waals surface area contributed by atoms with Gasteiger partial charge in [-0.05, 0) is 43.7 Å². The SMILES string of the molecule is CCC(C)Oc1ccc(-c2nc(-c3ccc([N+](=O)[O-])cc3)c(C(=O)O)s2)cc1C#N. The second kappa shape index (κ2) is 8.71. The summed E-state index contributed by atoms with van der Waals surface area (Å²) in [5, 5.41) is 30.3. The molecule has 1 unspecified atom stereocenters. The van der Waals surface area contributed by atoms with E-state index in [1.54, 1.807) is 18.2 Å². The van der Waals surface area contributed by atoms with Crippen LogP contribution in [-0.4, -0.2) is 27.1 Å². The molecule has 9 heteroatoms. The molecule has 3 aromatic rings. The van der Waals surface area contributed by atoms with Crippen molar-refractivity contribution in [2.75, 3.05) is 0 Å². The van der Waals surface area contributed by atoms with Gasteiger partial charge in [0.15, 0.2) is 0 Å². The Morgan fingerprint density at radius 1 is 1.30 bits per heavy atom. The molecule has 1 heterocycles. The number of rotatable bonds is 7. The maximum absolute atomic E-state index is 11.7. The number of carboxylic acid groups (broad SMARTS) is 1. The molecule has 30 heavy (non-hydrogen) atoms. The summed E-state index contributed by atoms with van der Waals surface area (Å²) in [5.41, 5.74) is 1.50. The topological polar surface area (TPSA) is 126 Å². The number of non-ortho nitro benzene ring substituents is 1. The molecule has 0 saturated heterocycles. The van der Waals surface area contributed by atoms with Crippen LogP contribution < -0.4 is 4.74 Å². The number of thiazole rings is 1. The number of hydrogen-bond donors (Lipinski definition) is 1. The van der Waals surface area contributed by atoms with E-state index >= 15 is 0 Å². The van der Waals surface area contributed by atoms with E-state index in [9.17, 15) is 25.3 Å². The number of aromatic nitrogens is 1. The Labute approximate surface area is 176 Å². The zero-order chi connectivity index (χ0) is 21.8. The molecule has 1 atom stereocenters. The van der Waals surface area contributed by atoms with Crippen molar-refractivity contribution < 1.29 is 19.6 Å². The number of aromatic carboxylic acids is 1. The Bertz CT molecular complexity index is 1150. The van der Waals surface area contributed by atoms with Gasteiger partial charge in [0.2, 0.25) is 0 Å². The number of benzene rings is 2. The van der Waals surface area contributed by atoms with Crippen molar-refractivity contribution in [3.63, 3.8) is 0 Å². The number of ether oxygens (including phenoxy) is 1. The Morgan fingerprint density at radius 2 is 1.97 bits per heavy atom. The second-order valence-electron chi connectivity index (χ2n) is 6.47. The highest BCUT2D eigenvalue weighted by atomic mass is 32.1.